The van der Waals surface area contributed by atoms with Gasteiger partial charge in [-0.2, -0.15) is 13.2 Å². The van der Waals surface area contributed by atoms with Gasteiger partial charge in [0.2, 0.25) is 0 Å². The monoisotopic (exact) mass is 322 g/mol. The van der Waals surface area contributed by atoms with Crippen molar-refractivity contribution < 1.29 is 27.5 Å². The van der Waals surface area contributed by atoms with Gasteiger partial charge in [0.25, 0.3) is 5.24 Å². The molecule has 1 rings (SSSR count). The molecule has 0 spiro atoms. The highest BCUT2D eigenvalue weighted by Gasteiger charge is 2.36. The quantitative estimate of drug-likeness (QED) is 0.452. The maximum Gasteiger partial charge on any atom is 0.411 e. The number of hydrogen-bond acceptors (Lipinski definition) is 3. The SMILES string of the molecule is CC1=CC(C)(OCC(F)(F)F)CC(C)=C1C(=C=O)C(=O)Cl. The van der Waals surface area contributed by atoms with Crippen LogP contribution < -0.4 is 0 Å². The summed E-state index contributed by atoms with van der Waals surface area (Å²) in [7, 11) is 0. The first-order valence-corrected chi connectivity index (χ1v) is 6.42. The van der Waals surface area contributed by atoms with Crippen molar-refractivity contribution in [1.82, 2.24) is 0 Å². The number of halogens is 4. The van der Waals surface area contributed by atoms with E-state index in [4.69, 9.17) is 16.3 Å². The molecule has 7 heteroatoms. The third kappa shape index (κ3) is 4.56. The molecule has 0 aromatic heterocycles. The molecule has 0 aromatic rings. The van der Waals surface area contributed by atoms with Crippen LogP contribution in [0.2, 0.25) is 0 Å². The van der Waals surface area contributed by atoms with Crippen molar-refractivity contribution in [2.75, 3.05) is 6.61 Å². The lowest BCUT2D eigenvalue weighted by atomic mass is 9.81. The average molecular weight is 323 g/mol. The van der Waals surface area contributed by atoms with Crippen LogP contribution in [0.5, 0.6) is 0 Å². The van der Waals surface area contributed by atoms with Crippen molar-refractivity contribution in [3.63, 3.8) is 0 Å². The fourth-order valence-corrected chi connectivity index (χ4v) is 2.61. The molecule has 0 saturated carbocycles. The van der Waals surface area contributed by atoms with Gasteiger partial charge in [0.1, 0.15) is 18.1 Å². The highest BCUT2D eigenvalue weighted by molar-refractivity contribution is 6.69. The van der Waals surface area contributed by atoms with E-state index in [0.717, 1.165) is 0 Å². The molecule has 21 heavy (non-hydrogen) atoms. The number of carbonyl (C=O) groups excluding carboxylic acids is 2. The summed E-state index contributed by atoms with van der Waals surface area (Å²) in [5, 5.41) is -0.952. The summed E-state index contributed by atoms with van der Waals surface area (Å²) in [6.45, 7) is 3.32. The van der Waals surface area contributed by atoms with E-state index in [0.29, 0.717) is 16.7 Å². The van der Waals surface area contributed by atoms with Gasteiger partial charge in [0.05, 0.1) is 5.60 Å². The number of alkyl halides is 3. The third-order valence-electron chi connectivity index (χ3n) is 3.07. The Morgan fingerprint density at radius 1 is 1.48 bits per heavy atom. The molecule has 0 N–H and O–H groups in total. The predicted molar refractivity (Wildman–Crippen MR) is 71.6 cm³/mol. The van der Waals surface area contributed by atoms with E-state index >= 15 is 0 Å². The van der Waals surface area contributed by atoms with E-state index in [1.807, 2.05) is 0 Å². The zero-order valence-electron chi connectivity index (χ0n) is 11.7. The fraction of sp³-hybridized carbons (Fsp3) is 0.500. The summed E-state index contributed by atoms with van der Waals surface area (Å²) in [6.07, 6.45) is -2.86. The molecule has 0 radical (unpaired) electrons. The number of rotatable bonds is 4. The second-order valence-electron chi connectivity index (χ2n) is 5.13. The molecule has 116 valence electrons. The molecule has 1 unspecified atom stereocenters. The van der Waals surface area contributed by atoms with Gasteiger partial charge in [0, 0.05) is 6.42 Å². The van der Waals surface area contributed by atoms with E-state index in [-0.39, 0.29) is 12.0 Å². The van der Waals surface area contributed by atoms with Crippen LogP contribution in [-0.4, -0.2) is 29.6 Å². The van der Waals surface area contributed by atoms with Crippen molar-refractivity contribution in [3.05, 3.63) is 28.4 Å². The fourth-order valence-electron chi connectivity index (χ4n) is 2.47. The molecular formula is C14H14ClF3O3. The maximum absolute atomic E-state index is 12.3. The number of hydrogen-bond donors (Lipinski definition) is 0. The van der Waals surface area contributed by atoms with Crippen molar-refractivity contribution in [3.8, 4) is 0 Å². The second-order valence-corrected chi connectivity index (χ2v) is 5.47. The van der Waals surface area contributed by atoms with E-state index in [2.05, 4.69) is 0 Å². The van der Waals surface area contributed by atoms with Crippen molar-refractivity contribution in [2.45, 2.75) is 39.0 Å². The van der Waals surface area contributed by atoms with Gasteiger partial charge in [-0.1, -0.05) is 5.57 Å². The summed E-state index contributed by atoms with van der Waals surface area (Å²) >= 11 is 5.32. The average Bonchev–Trinajstić information content (AvgIpc) is 2.30. The Morgan fingerprint density at radius 2 is 2.05 bits per heavy atom. The Bertz CT molecular complexity index is 569. The van der Waals surface area contributed by atoms with Crippen LogP contribution in [-0.2, 0) is 14.3 Å². The van der Waals surface area contributed by atoms with Gasteiger partial charge in [-0.3, -0.25) is 4.79 Å². The number of ether oxygens (including phenoxy) is 1. The zero-order chi connectivity index (χ0) is 16.4. The molecule has 0 aromatic carbocycles. The third-order valence-corrected chi connectivity index (χ3v) is 3.26. The smallest absolute Gasteiger partial charge is 0.361 e. The molecule has 0 saturated heterocycles. The Kier molecular flexibility index (Phi) is 5.20. The minimum atomic E-state index is -4.43. The number of carbonyl (C=O) groups is 1. The first-order valence-electron chi connectivity index (χ1n) is 6.04. The summed E-state index contributed by atoms with van der Waals surface area (Å²) in [6, 6.07) is 0. The van der Waals surface area contributed by atoms with Crippen LogP contribution in [0.4, 0.5) is 13.2 Å². The topological polar surface area (TPSA) is 43.4 Å². The Labute approximate surface area is 125 Å². The molecule has 3 nitrogen and oxygen atoms in total. The number of allylic oxidation sites excluding steroid dienone is 3. The van der Waals surface area contributed by atoms with E-state index in [1.165, 1.54) is 18.9 Å². The zero-order valence-corrected chi connectivity index (χ0v) is 12.5. The largest absolute Gasteiger partial charge is 0.411 e. The summed E-state index contributed by atoms with van der Waals surface area (Å²) in [5.74, 6) is 1.48. The van der Waals surface area contributed by atoms with Crippen LogP contribution in [0.3, 0.4) is 0 Å². The standard InChI is InChI=1S/C14H14ClF3O3/c1-8-4-13(3,21-7-14(16,17)18)5-9(2)11(8)10(6-19)12(15)20/h4H,5,7H2,1-3H3. The molecule has 0 aliphatic heterocycles. The molecule has 1 aliphatic rings. The first-order chi connectivity index (χ1) is 9.49. The van der Waals surface area contributed by atoms with Crippen LogP contribution in [0.15, 0.2) is 28.4 Å². The minimum absolute atomic E-state index is 0.116. The lowest BCUT2D eigenvalue weighted by Gasteiger charge is -2.33. The normalized spacial score (nSPS) is 22.7. The van der Waals surface area contributed by atoms with Gasteiger partial charge in [-0.25, -0.2) is 4.79 Å². The first kappa shape index (κ1) is 17.7. The molecule has 0 bridgehead atoms. The van der Waals surface area contributed by atoms with Gasteiger partial charge < -0.3 is 4.74 Å². The van der Waals surface area contributed by atoms with Gasteiger partial charge in [0.15, 0.2) is 0 Å². The summed E-state index contributed by atoms with van der Waals surface area (Å²) in [4.78, 5) is 22.1. The highest BCUT2D eigenvalue weighted by Crippen LogP contribution is 2.37. The van der Waals surface area contributed by atoms with E-state index in [9.17, 15) is 22.8 Å². The lowest BCUT2D eigenvalue weighted by Crippen LogP contribution is -2.34. The molecule has 0 fully saturated rings. The van der Waals surface area contributed by atoms with Crippen molar-refractivity contribution in [2.24, 2.45) is 0 Å². The second kappa shape index (κ2) is 6.18. The lowest BCUT2D eigenvalue weighted by molar-refractivity contribution is -0.194. The van der Waals surface area contributed by atoms with E-state index in [1.54, 1.807) is 13.8 Å². The van der Waals surface area contributed by atoms with Crippen molar-refractivity contribution >= 4 is 22.8 Å². The van der Waals surface area contributed by atoms with Gasteiger partial charge >= 0.3 is 6.18 Å². The summed E-state index contributed by atoms with van der Waals surface area (Å²) in [5.41, 5.74) is -0.155. The van der Waals surface area contributed by atoms with Crippen LogP contribution in [0, 0.1) is 0 Å². The van der Waals surface area contributed by atoms with E-state index < -0.39 is 23.6 Å². The minimum Gasteiger partial charge on any atom is -0.361 e. The molecule has 1 atom stereocenters. The molecule has 0 heterocycles. The van der Waals surface area contributed by atoms with Crippen LogP contribution in [0.25, 0.3) is 0 Å². The van der Waals surface area contributed by atoms with Crippen LogP contribution in [0.1, 0.15) is 27.2 Å². The van der Waals surface area contributed by atoms with Gasteiger partial charge in [-0.05, 0) is 49.6 Å². The van der Waals surface area contributed by atoms with Gasteiger partial charge in [-0.15, -0.1) is 0 Å². The summed E-state index contributed by atoms with van der Waals surface area (Å²) < 4.78 is 41.7. The van der Waals surface area contributed by atoms with Crippen LogP contribution >= 0.6 is 11.6 Å². The highest BCUT2D eigenvalue weighted by atomic mass is 35.5. The Balaban J connectivity index is 3.09. The Hall–Kier alpha value is -1.36. The molecular weight excluding hydrogens is 309 g/mol. The predicted octanol–water partition coefficient (Wildman–Crippen LogP) is 3.51. The Morgan fingerprint density at radius 3 is 2.43 bits per heavy atom. The maximum atomic E-state index is 12.3. The van der Waals surface area contributed by atoms with Crippen molar-refractivity contribution in [1.29, 1.82) is 0 Å². The molecule has 0 amide bonds. The molecule has 1 aliphatic carbocycles.